The van der Waals surface area contributed by atoms with Gasteiger partial charge in [-0.25, -0.2) is 4.39 Å². The van der Waals surface area contributed by atoms with Crippen LogP contribution < -0.4 is 4.74 Å². The van der Waals surface area contributed by atoms with Crippen LogP contribution in [0.4, 0.5) is 4.39 Å². The van der Waals surface area contributed by atoms with E-state index in [0.717, 1.165) is 23.3 Å². The van der Waals surface area contributed by atoms with E-state index < -0.39 is 0 Å². The van der Waals surface area contributed by atoms with E-state index in [2.05, 4.69) is 48.8 Å². The maximum absolute atomic E-state index is 14.4. The molecule has 2 aliphatic carbocycles. The molecule has 2 aromatic rings. The fraction of sp³-hybridized carbons (Fsp3) is 0.438. The minimum atomic E-state index is -0.349. The number of fused-ring (bicyclic) bond motifs is 1. The largest absolute Gasteiger partial charge is 0.489 e. The predicted molar refractivity (Wildman–Crippen MR) is 139 cm³/mol. The van der Waals surface area contributed by atoms with E-state index in [0.29, 0.717) is 23.8 Å². The van der Waals surface area contributed by atoms with Gasteiger partial charge >= 0.3 is 0 Å². The molecular formula is C32H37FO. The zero-order chi connectivity index (χ0) is 23.8. The van der Waals surface area contributed by atoms with Crippen LogP contribution in [0.5, 0.6) is 5.75 Å². The highest BCUT2D eigenvalue weighted by atomic mass is 19.1. The molecule has 0 bridgehead atoms. The molecule has 34 heavy (non-hydrogen) atoms. The van der Waals surface area contributed by atoms with Gasteiger partial charge in [-0.2, -0.15) is 0 Å². The molecule has 0 heterocycles. The first kappa shape index (κ1) is 24.3. The van der Waals surface area contributed by atoms with Gasteiger partial charge in [0.1, 0.15) is 18.2 Å². The molecule has 2 fully saturated rings. The second kappa shape index (κ2) is 12.1. The normalized spacial score (nSPS) is 24.2. The minimum absolute atomic E-state index is 0.349. The molecule has 0 radical (unpaired) electrons. The molecule has 0 saturated heterocycles. The molecule has 2 aromatic carbocycles. The number of ether oxygens (including phenoxy) is 1. The van der Waals surface area contributed by atoms with E-state index in [9.17, 15) is 4.39 Å². The Morgan fingerprint density at radius 3 is 2.56 bits per heavy atom. The minimum Gasteiger partial charge on any atom is -0.489 e. The molecule has 0 amide bonds. The molecule has 178 valence electrons. The molecule has 4 atom stereocenters. The summed E-state index contributed by atoms with van der Waals surface area (Å²) in [5.74, 6) is 9.68. The second-order valence-electron chi connectivity index (χ2n) is 9.97. The Balaban J connectivity index is 1.33. The summed E-state index contributed by atoms with van der Waals surface area (Å²) in [4.78, 5) is 0. The highest BCUT2D eigenvalue weighted by molar-refractivity contribution is 5.46. The Hall–Kier alpha value is -2.79. The summed E-state index contributed by atoms with van der Waals surface area (Å²) in [6, 6.07) is 13.5. The van der Waals surface area contributed by atoms with Crippen molar-refractivity contribution in [2.45, 2.75) is 64.2 Å². The summed E-state index contributed by atoms with van der Waals surface area (Å²) in [5, 5.41) is 0. The highest BCUT2D eigenvalue weighted by Crippen LogP contribution is 2.48. The van der Waals surface area contributed by atoms with Crippen molar-refractivity contribution in [3.05, 3.63) is 89.8 Å². The van der Waals surface area contributed by atoms with Gasteiger partial charge in [0.15, 0.2) is 0 Å². The summed E-state index contributed by atoms with van der Waals surface area (Å²) in [5.41, 5.74) is 2.75. The van der Waals surface area contributed by atoms with Crippen molar-refractivity contribution in [2.75, 3.05) is 6.61 Å². The van der Waals surface area contributed by atoms with Gasteiger partial charge in [0.2, 0.25) is 0 Å². The molecule has 0 spiro atoms. The van der Waals surface area contributed by atoms with Gasteiger partial charge in [0, 0.05) is 11.6 Å². The monoisotopic (exact) mass is 456 g/mol. The van der Waals surface area contributed by atoms with Crippen LogP contribution in [0.2, 0.25) is 0 Å². The number of allylic oxidation sites excluding steroid dienone is 2. The van der Waals surface area contributed by atoms with Crippen LogP contribution in [0.3, 0.4) is 0 Å². The van der Waals surface area contributed by atoms with Crippen molar-refractivity contribution in [2.24, 2.45) is 17.8 Å². The van der Waals surface area contributed by atoms with E-state index in [-0.39, 0.29) is 5.82 Å². The van der Waals surface area contributed by atoms with Crippen LogP contribution in [-0.4, -0.2) is 6.61 Å². The Kier molecular flexibility index (Phi) is 8.64. The van der Waals surface area contributed by atoms with Gasteiger partial charge in [0.05, 0.1) is 5.56 Å². The van der Waals surface area contributed by atoms with E-state index in [1.54, 1.807) is 12.1 Å². The third kappa shape index (κ3) is 6.41. The molecule has 0 N–H and O–H groups in total. The van der Waals surface area contributed by atoms with Crippen LogP contribution in [0, 0.1) is 35.4 Å². The summed E-state index contributed by atoms with van der Waals surface area (Å²) in [6.07, 6.45) is 16.6. The van der Waals surface area contributed by atoms with Crippen molar-refractivity contribution in [3.63, 3.8) is 0 Å². The first-order chi connectivity index (χ1) is 16.7. The molecule has 2 saturated carbocycles. The van der Waals surface area contributed by atoms with Crippen molar-refractivity contribution in [1.82, 2.24) is 0 Å². The van der Waals surface area contributed by atoms with E-state index >= 15 is 0 Å². The standard InChI is InChI=1S/C32H37FO/c1-3-5-7-25-11-15-30-22-29(17-16-28(30)21-25)26-12-8-24(9-13-26)10-14-27-18-19-31(23-32(27)33)34-20-6-4-2/h3-4,6,8-9,12-13,18-19,23,25,28-30H,1,5,7,11,15-17,20-22H2,2H3/b6-4+. The highest BCUT2D eigenvalue weighted by Gasteiger charge is 2.35. The predicted octanol–water partition coefficient (Wildman–Crippen LogP) is 8.45. The molecule has 4 unspecified atom stereocenters. The molecule has 2 aliphatic rings. The van der Waals surface area contributed by atoms with Crippen LogP contribution in [0.1, 0.15) is 80.9 Å². The number of hydrogen-bond donors (Lipinski definition) is 0. The molecular weight excluding hydrogens is 419 g/mol. The Labute approximate surface area is 205 Å². The zero-order valence-corrected chi connectivity index (χ0v) is 20.4. The SMILES string of the molecule is C=CCCC1CCC2CC(c3ccc(C#Cc4ccc(OC/C=C/C)cc4F)cc3)CCC2C1. The Morgan fingerprint density at radius 2 is 1.79 bits per heavy atom. The molecule has 2 heteroatoms. The quantitative estimate of drug-likeness (QED) is 0.300. The third-order valence-corrected chi connectivity index (χ3v) is 7.75. The topological polar surface area (TPSA) is 9.23 Å². The number of halogens is 1. The van der Waals surface area contributed by atoms with E-state index in [1.165, 1.54) is 63.0 Å². The maximum atomic E-state index is 14.4. The van der Waals surface area contributed by atoms with Crippen LogP contribution in [0.15, 0.2) is 67.3 Å². The summed E-state index contributed by atoms with van der Waals surface area (Å²) in [6.45, 7) is 6.25. The van der Waals surface area contributed by atoms with Gasteiger partial charge in [-0.15, -0.1) is 6.58 Å². The van der Waals surface area contributed by atoms with E-state index in [1.807, 2.05) is 19.1 Å². The van der Waals surface area contributed by atoms with Crippen LogP contribution >= 0.6 is 0 Å². The lowest BCUT2D eigenvalue weighted by molar-refractivity contribution is 0.115. The average molecular weight is 457 g/mol. The van der Waals surface area contributed by atoms with Gasteiger partial charge in [-0.1, -0.05) is 48.6 Å². The number of rotatable bonds is 7. The summed E-state index contributed by atoms with van der Waals surface area (Å²) >= 11 is 0. The second-order valence-corrected chi connectivity index (χ2v) is 9.97. The van der Waals surface area contributed by atoms with Crippen molar-refractivity contribution in [1.29, 1.82) is 0 Å². The lowest BCUT2D eigenvalue weighted by Gasteiger charge is -2.42. The Bertz CT molecular complexity index is 1040. The molecule has 0 aromatic heterocycles. The maximum Gasteiger partial charge on any atom is 0.142 e. The summed E-state index contributed by atoms with van der Waals surface area (Å²) in [7, 11) is 0. The number of hydrogen-bond acceptors (Lipinski definition) is 1. The van der Waals surface area contributed by atoms with Gasteiger partial charge in [-0.05, 0) is 105 Å². The lowest BCUT2D eigenvalue weighted by Crippen LogP contribution is -2.30. The van der Waals surface area contributed by atoms with Crippen LogP contribution in [0.25, 0.3) is 0 Å². The van der Waals surface area contributed by atoms with Crippen molar-refractivity contribution >= 4 is 0 Å². The fourth-order valence-electron chi connectivity index (χ4n) is 5.81. The molecule has 0 aliphatic heterocycles. The molecule has 4 rings (SSSR count). The Morgan fingerprint density at radius 1 is 1.00 bits per heavy atom. The van der Waals surface area contributed by atoms with Crippen molar-refractivity contribution < 1.29 is 9.13 Å². The van der Waals surface area contributed by atoms with Crippen molar-refractivity contribution in [3.8, 4) is 17.6 Å². The first-order valence-corrected chi connectivity index (χ1v) is 12.9. The first-order valence-electron chi connectivity index (χ1n) is 12.9. The van der Waals surface area contributed by atoms with Gasteiger partial charge in [-0.3, -0.25) is 0 Å². The van der Waals surface area contributed by atoms with E-state index in [4.69, 9.17) is 4.74 Å². The lowest BCUT2D eigenvalue weighted by atomic mass is 9.63. The van der Waals surface area contributed by atoms with Gasteiger partial charge < -0.3 is 4.74 Å². The fourth-order valence-corrected chi connectivity index (χ4v) is 5.81. The number of benzene rings is 2. The van der Waals surface area contributed by atoms with Crippen LogP contribution in [-0.2, 0) is 0 Å². The zero-order valence-electron chi connectivity index (χ0n) is 20.4. The van der Waals surface area contributed by atoms with Gasteiger partial charge in [0.25, 0.3) is 0 Å². The summed E-state index contributed by atoms with van der Waals surface area (Å²) < 4.78 is 19.9. The molecule has 1 nitrogen and oxygen atoms in total. The smallest absolute Gasteiger partial charge is 0.142 e. The average Bonchev–Trinajstić information content (AvgIpc) is 2.87. The third-order valence-electron chi connectivity index (χ3n) is 7.75.